The maximum Gasteiger partial charge on any atom is 0.270 e. The number of benzene rings is 1. The monoisotopic (exact) mass is 261 g/mol. The van der Waals surface area contributed by atoms with Gasteiger partial charge in [-0.3, -0.25) is 4.79 Å². The molecule has 0 saturated carbocycles. The van der Waals surface area contributed by atoms with Crippen molar-refractivity contribution < 1.29 is 4.79 Å². The molecule has 5 heteroatoms. The molecule has 0 unspecified atom stereocenters. The molecule has 0 spiro atoms. The summed E-state index contributed by atoms with van der Waals surface area (Å²) in [5.74, 6) is -0.137. The number of carbonyl (C=O) groups excluding carboxylic acids is 1. The van der Waals surface area contributed by atoms with Gasteiger partial charge in [-0.15, -0.1) is 11.3 Å². The van der Waals surface area contributed by atoms with E-state index >= 15 is 0 Å². The Hall–Kier alpha value is -1.72. The normalized spacial score (nSPS) is 10.3. The summed E-state index contributed by atoms with van der Waals surface area (Å²) in [5.41, 5.74) is 7.12. The van der Waals surface area contributed by atoms with Gasteiger partial charge in [-0.25, -0.2) is 4.98 Å². The molecule has 0 aliphatic heterocycles. The minimum Gasteiger partial charge on any atom is -0.350 e. The summed E-state index contributed by atoms with van der Waals surface area (Å²) >= 11 is 1.41. The summed E-state index contributed by atoms with van der Waals surface area (Å²) in [5, 5.41) is 5.37. The minimum atomic E-state index is -0.137. The van der Waals surface area contributed by atoms with Crippen molar-refractivity contribution in [1.29, 1.82) is 0 Å². The third kappa shape index (κ3) is 3.38. The Morgan fingerprint density at radius 2 is 2.11 bits per heavy atom. The second kappa shape index (κ2) is 6.28. The number of rotatable bonds is 5. The Morgan fingerprint density at radius 3 is 2.78 bits per heavy atom. The summed E-state index contributed by atoms with van der Waals surface area (Å²) in [6.45, 7) is 0.986. The number of aromatic nitrogens is 1. The lowest BCUT2D eigenvalue weighted by Gasteiger charge is -2.03. The number of nitrogens with zero attached hydrogens (tertiary/aromatic N) is 1. The van der Waals surface area contributed by atoms with Crippen LogP contribution in [0, 0.1) is 0 Å². The number of carbonyl (C=O) groups is 1. The first-order chi connectivity index (χ1) is 8.79. The third-order valence-electron chi connectivity index (χ3n) is 2.50. The number of thiazole rings is 1. The van der Waals surface area contributed by atoms with Crippen molar-refractivity contribution in [2.45, 2.75) is 13.0 Å². The molecular formula is C13H15N3OS. The first-order valence-corrected chi connectivity index (χ1v) is 6.64. The van der Waals surface area contributed by atoms with Gasteiger partial charge in [0.15, 0.2) is 0 Å². The first kappa shape index (κ1) is 12.7. The standard InChI is InChI=1S/C13H15N3OS/c14-8-12-16-11(9-18-12)13(17)15-7-6-10-4-2-1-3-5-10/h1-5,9H,6-8,14H2,(H,15,17). The fourth-order valence-electron chi connectivity index (χ4n) is 1.56. The van der Waals surface area contributed by atoms with E-state index in [2.05, 4.69) is 10.3 Å². The van der Waals surface area contributed by atoms with E-state index in [4.69, 9.17) is 5.73 Å². The zero-order chi connectivity index (χ0) is 12.8. The van der Waals surface area contributed by atoms with E-state index in [0.29, 0.717) is 18.8 Å². The average molecular weight is 261 g/mol. The topological polar surface area (TPSA) is 68.0 Å². The van der Waals surface area contributed by atoms with Crippen LogP contribution in [0.3, 0.4) is 0 Å². The Kier molecular flexibility index (Phi) is 4.44. The smallest absolute Gasteiger partial charge is 0.270 e. The van der Waals surface area contributed by atoms with E-state index in [1.54, 1.807) is 5.38 Å². The quantitative estimate of drug-likeness (QED) is 0.858. The van der Waals surface area contributed by atoms with Gasteiger partial charge < -0.3 is 11.1 Å². The van der Waals surface area contributed by atoms with Crippen molar-refractivity contribution in [3.8, 4) is 0 Å². The average Bonchev–Trinajstić information content (AvgIpc) is 2.89. The molecule has 0 aliphatic rings. The minimum absolute atomic E-state index is 0.137. The molecule has 1 heterocycles. The van der Waals surface area contributed by atoms with E-state index < -0.39 is 0 Å². The van der Waals surface area contributed by atoms with Crippen LogP contribution in [0.15, 0.2) is 35.7 Å². The maximum absolute atomic E-state index is 11.8. The summed E-state index contributed by atoms with van der Waals surface area (Å²) in [7, 11) is 0. The molecule has 0 radical (unpaired) electrons. The highest BCUT2D eigenvalue weighted by molar-refractivity contribution is 7.09. The summed E-state index contributed by atoms with van der Waals surface area (Å²) in [6, 6.07) is 10.0. The molecule has 0 atom stereocenters. The SMILES string of the molecule is NCc1nc(C(=O)NCCc2ccccc2)cs1. The van der Waals surface area contributed by atoms with E-state index in [0.717, 1.165) is 11.4 Å². The van der Waals surface area contributed by atoms with Crippen LogP contribution in [-0.2, 0) is 13.0 Å². The van der Waals surface area contributed by atoms with Gasteiger partial charge >= 0.3 is 0 Å². The highest BCUT2D eigenvalue weighted by atomic mass is 32.1. The second-order valence-electron chi connectivity index (χ2n) is 3.82. The van der Waals surface area contributed by atoms with Crippen LogP contribution in [-0.4, -0.2) is 17.4 Å². The summed E-state index contributed by atoms with van der Waals surface area (Å²) in [6.07, 6.45) is 0.820. The third-order valence-corrected chi connectivity index (χ3v) is 3.37. The summed E-state index contributed by atoms with van der Waals surface area (Å²) < 4.78 is 0. The Labute approximate surface area is 110 Å². The molecule has 0 aliphatic carbocycles. The van der Waals surface area contributed by atoms with E-state index in [1.807, 2.05) is 30.3 Å². The van der Waals surface area contributed by atoms with Gasteiger partial charge in [0.1, 0.15) is 10.7 Å². The lowest BCUT2D eigenvalue weighted by Crippen LogP contribution is -2.26. The Morgan fingerprint density at radius 1 is 1.33 bits per heavy atom. The van der Waals surface area contributed by atoms with Gasteiger partial charge in [0.25, 0.3) is 5.91 Å². The zero-order valence-corrected chi connectivity index (χ0v) is 10.7. The number of hydrogen-bond donors (Lipinski definition) is 2. The number of nitrogens with two attached hydrogens (primary N) is 1. The van der Waals surface area contributed by atoms with Gasteiger partial charge in [0.2, 0.25) is 0 Å². The molecule has 18 heavy (non-hydrogen) atoms. The second-order valence-corrected chi connectivity index (χ2v) is 4.76. The van der Waals surface area contributed by atoms with Gasteiger partial charge in [0, 0.05) is 18.5 Å². The molecule has 4 nitrogen and oxygen atoms in total. The van der Waals surface area contributed by atoms with Crippen molar-refractivity contribution in [2.75, 3.05) is 6.54 Å². The highest BCUT2D eigenvalue weighted by Crippen LogP contribution is 2.08. The molecule has 1 aromatic heterocycles. The fraction of sp³-hybridized carbons (Fsp3) is 0.231. The molecule has 2 aromatic rings. The highest BCUT2D eigenvalue weighted by Gasteiger charge is 2.09. The van der Waals surface area contributed by atoms with Crippen molar-refractivity contribution >= 4 is 17.2 Å². The predicted molar refractivity (Wildman–Crippen MR) is 72.5 cm³/mol. The molecule has 0 fully saturated rings. The molecule has 2 rings (SSSR count). The van der Waals surface area contributed by atoms with E-state index in [-0.39, 0.29) is 5.91 Å². The Balaban J connectivity index is 1.81. The molecule has 94 valence electrons. The van der Waals surface area contributed by atoms with Crippen molar-refractivity contribution in [1.82, 2.24) is 10.3 Å². The maximum atomic E-state index is 11.8. The van der Waals surface area contributed by atoms with Crippen LogP contribution in [0.1, 0.15) is 21.1 Å². The van der Waals surface area contributed by atoms with Crippen molar-refractivity contribution in [2.24, 2.45) is 5.73 Å². The number of hydrogen-bond acceptors (Lipinski definition) is 4. The molecule has 0 bridgehead atoms. The molecule has 1 aromatic carbocycles. The lowest BCUT2D eigenvalue weighted by molar-refractivity contribution is 0.0949. The van der Waals surface area contributed by atoms with Crippen LogP contribution in [0.25, 0.3) is 0 Å². The molecule has 1 amide bonds. The molecule has 0 saturated heterocycles. The van der Waals surface area contributed by atoms with Crippen molar-refractivity contribution in [3.05, 3.63) is 52.0 Å². The van der Waals surface area contributed by atoms with Crippen LogP contribution in [0.2, 0.25) is 0 Å². The van der Waals surface area contributed by atoms with Gasteiger partial charge in [-0.05, 0) is 12.0 Å². The van der Waals surface area contributed by atoms with E-state index in [1.165, 1.54) is 16.9 Å². The van der Waals surface area contributed by atoms with E-state index in [9.17, 15) is 4.79 Å². The molecule has 3 N–H and O–H groups in total. The van der Waals surface area contributed by atoms with Gasteiger partial charge in [-0.1, -0.05) is 30.3 Å². The zero-order valence-electron chi connectivity index (χ0n) is 9.93. The first-order valence-electron chi connectivity index (χ1n) is 5.76. The molecular weight excluding hydrogens is 246 g/mol. The van der Waals surface area contributed by atoms with Crippen molar-refractivity contribution in [3.63, 3.8) is 0 Å². The van der Waals surface area contributed by atoms with Gasteiger partial charge in [-0.2, -0.15) is 0 Å². The fourth-order valence-corrected chi connectivity index (χ4v) is 2.22. The lowest BCUT2D eigenvalue weighted by atomic mass is 10.1. The largest absolute Gasteiger partial charge is 0.350 e. The van der Waals surface area contributed by atoms with Gasteiger partial charge in [0.05, 0.1) is 0 Å². The van der Waals surface area contributed by atoms with Crippen LogP contribution >= 0.6 is 11.3 Å². The van der Waals surface area contributed by atoms with Crippen LogP contribution in [0.5, 0.6) is 0 Å². The predicted octanol–water partition coefficient (Wildman–Crippen LogP) is 1.57. The van der Waals surface area contributed by atoms with Crippen LogP contribution in [0.4, 0.5) is 0 Å². The van der Waals surface area contributed by atoms with Crippen LogP contribution < -0.4 is 11.1 Å². The Bertz CT molecular complexity index is 510. The number of amides is 1. The summed E-state index contributed by atoms with van der Waals surface area (Å²) in [4.78, 5) is 15.9. The number of nitrogens with one attached hydrogen (secondary N) is 1.